The van der Waals surface area contributed by atoms with Crippen LogP contribution < -0.4 is 11.1 Å². The number of hydrogen-bond acceptors (Lipinski definition) is 3. The van der Waals surface area contributed by atoms with Gasteiger partial charge in [0.05, 0.1) is 12.6 Å². The normalized spacial score (nSPS) is 18.0. The summed E-state index contributed by atoms with van der Waals surface area (Å²) in [4.78, 5) is 26.1. The van der Waals surface area contributed by atoms with Gasteiger partial charge in [-0.15, -0.1) is 12.4 Å². The second-order valence-electron chi connectivity index (χ2n) is 6.70. The molecule has 1 aliphatic heterocycles. The van der Waals surface area contributed by atoms with Crippen LogP contribution in [-0.4, -0.2) is 41.9 Å². The first-order chi connectivity index (χ1) is 11.4. The van der Waals surface area contributed by atoms with E-state index in [2.05, 4.69) is 5.32 Å². The average Bonchev–Trinajstić information content (AvgIpc) is 3.01. The molecule has 0 aromatic heterocycles. The van der Waals surface area contributed by atoms with Crippen molar-refractivity contribution in [1.82, 2.24) is 10.2 Å². The predicted molar refractivity (Wildman–Crippen MR) is 97.9 cm³/mol. The van der Waals surface area contributed by atoms with Crippen molar-refractivity contribution in [1.29, 1.82) is 0 Å². The van der Waals surface area contributed by atoms with Crippen molar-refractivity contribution >= 4 is 24.2 Å². The van der Waals surface area contributed by atoms with E-state index >= 15 is 0 Å². The van der Waals surface area contributed by atoms with Gasteiger partial charge < -0.3 is 16.0 Å². The highest BCUT2D eigenvalue weighted by atomic mass is 35.5. The predicted octanol–water partition coefficient (Wildman–Crippen LogP) is 1.88. The number of amides is 2. The fraction of sp³-hybridized carbons (Fsp3) is 0.556. The van der Waals surface area contributed by atoms with Gasteiger partial charge in [-0.2, -0.15) is 0 Å². The van der Waals surface area contributed by atoms with Gasteiger partial charge in [0.15, 0.2) is 0 Å². The molecule has 0 aliphatic carbocycles. The zero-order valence-electron chi connectivity index (χ0n) is 14.7. The minimum atomic E-state index is -0.605. The lowest BCUT2D eigenvalue weighted by Gasteiger charge is -2.25. The highest BCUT2D eigenvalue weighted by molar-refractivity contribution is 5.87. The maximum absolute atomic E-state index is 13.0. The van der Waals surface area contributed by atoms with Crippen molar-refractivity contribution in [2.75, 3.05) is 13.1 Å². The third-order valence-electron chi connectivity index (χ3n) is 4.52. The Morgan fingerprint density at radius 1 is 1.32 bits per heavy atom. The lowest BCUT2D eigenvalue weighted by molar-refractivity contribution is -0.134. The third-order valence-corrected chi connectivity index (χ3v) is 4.52. The Hall–Kier alpha value is -1.66. The smallest absolute Gasteiger partial charge is 0.242 e. The lowest BCUT2D eigenvalue weighted by atomic mass is 10.0. The Morgan fingerprint density at radius 3 is 2.56 bits per heavy atom. The molecule has 3 N–H and O–H groups in total. The molecule has 1 heterocycles. The van der Waals surface area contributed by atoms with Gasteiger partial charge in [0, 0.05) is 12.6 Å². The molecule has 2 atom stereocenters. The van der Waals surface area contributed by atoms with Crippen LogP contribution in [0.4, 0.5) is 4.39 Å². The van der Waals surface area contributed by atoms with Crippen molar-refractivity contribution in [3.05, 3.63) is 35.6 Å². The first-order valence-electron chi connectivity index (χ1n) is 8.45. The van der Waals surface area contributed by atoms with E-state index in [1.54, 1.807) is 12.1 Å². The van der Waals surface area contributed by atoms with E-state index in [9.17, 15) is 14.0 Å². The summed E-state index contributed by atoms with van der Waals surface area (Å²) < 4.78 is 13.0. The summed E-state index contributed by atoms with van der Waals surface area (Å²) in [6.45, 7) is 4.40. The van der Waals surface area contributed by atoms with Crippen LogP contribution in [0.2, 0.25) is 0 Å². The molecule has 140 valence electrons. The van der Waals surface area contributed by atoms with Crippen molar-refractivity contribution in [2.24, 2.45) is 11.7 Å². The van der Waals surface area contributed by atoms with E-state index < -0.39 is 6.04 Å². The van der Waals surface area contributed by atoms with Crippen molar-refractivity contribution in [3.63, 3.8) is 0 Å². The summed E-state index contributed by atoms with van der Waals surface area (Å²) in [6, 6.07) is 5.86. The maximum atomic E-state index is 13.0. The number of hydrogen-bond donors (Lipinski definition) is 2. The highest BCUT2D eigenvalue weighted by Crippen LogP contribution is 2.21. The van der Waals surface area contributed by atoms with E-state index in [0.717, 1.165) is 18.4 Å². The summed E-state index contributed by atoms with van der Waals surface area (Å²) in [6.07, 6.45) is 2.56. The van der Waals surface area contributed by atoms with Crippen molar-refractivity contribution < 1.29 is 14.0 Å². The van der Waals surface area contributed by atoms with Crippen LogP contribution in [0.25, 0.3) is 0 Å². The van der Waals surface area contributed by atoms with Crippen LogP contribution in [-0.2, 0) is 16.0 Å². The third kappa shape index (κ3) is 5.97. The van der Waals surface area contributed by atoms with E-state index in [4.69, 9.17) is 5.73 Å². The molecule has 5 nitrogen and oxygen atoms in total. The quantitative estimate of drug-likeness (QED) is 0.801. The molecular weight excluding hydrogens is 345 g/mol. The van der Waals surface area contributed by atoms with Gasteiger partial charge in [0.1, 0.15) is 5.82 Å². The van der Waals surface area contributed by atoms with E-state index in [1.807, 2.05) is 18.7 Å². The number of nitrogens with one attached hydrogen (secondary N) is 1. The van der Waals surface area contributed by atoms with E-state index in [1.165, 1.54) is 12.1 Å². The molecule has 1 aliphatic rings. The fourth-order valence-corrected chi connectivity index (χ4v) is 2.95. The molecule has 1 unspecified atom stereocenters. The molecule has 1 saturated heterocycles. The number of halogens is 2. The number of likely N-dealkylation sites (tertiary alicyclic amines) is 1. The lowest BCUT2D eigenvalue weighted by Crippen LogP contribution is -2.48. The van der Waals surface area contributed by atoms with E-state index in [0.29, 0.717) is 13.0 Å². The van der Waals surface area contributed by atoms with E-state index in [-0.39, 0.29) is 48.5 Å². The molecule has 1 fully saturated rings. The minimum Gasteiger partial charge on any atom is -0.346 e. The summed E-state index contributed by atoms with van der Waals surface area (Å²) in [5, 5.41) is 2.63. The Kier molecular flexibility index (Phi) is 8.32. The zero-order chi connectivity index (χ0) is 17.7. The van der Waals surface area contributed by atoms with Gasteiger partial charge in [0.25, 0.3) is 0 Å². The summed E-state index contributed by atoms with van der Waals surface area (Å²) in [5.41, 5.74) is 6.78. The van der Waals surface area contributed by atoms with Crippen LogP contribution in [0.3, 0.4) is 0 Å². The van der Waals surface area contributed by atoms with Gasteiger partial charge in [0.2, 0.25) is 11.8 Å². The topological polar surface area (TPSA) is 75.4 Å². The van der Waals surface area contributed by atoms with Crippen LogP contribution in [0.15, 0.2) is 24.3 Å². The molecular formula is C18H27ClFN3O2. The van der Waals surface area contributed by atoms with Gasteiger partial charge in [-0.1, -0.05) is 26.0 Å². The number of carbonyl (C=O) groups excluding carboxylic acids is 2. The fourth-order valence-electron chi connectivity index (χ4n) is 2.95. The number of benzene rings is 1. The van der Waals surface area contributed by atoms with Crippen LogP contribution in [0.1, 0.15) is 32.3 Å². The molecule has 25 heavy (non-hydrogen) atoms. The van der Waals surface area contributed by atoms with Crippen LogP contribution >= 0.6 is 12.4 Å². The maximum Gasteiger partial charge on any atom is 0.242 e. The standard InChI is InChI=1S/C18H26FN3O2.ClH/c1-12(2)17(20)18(24)21-11-16(23)22-9-3-4-15(22)10-13-5-7-14(19)8-6-13;/h5-8,12,15,17H,3-4,9-11,20H2,1-2H3,(H,21,24);1H/t15?,17-;/m0./s1. The number of carbonyl (C=O) groups is 2. The number of nitrogens with two attached hydrogens (primary N) is 1. The Balaban J connectivity index is 0.00000312. The molecule has 0 radical (unpaired) electrons. The molecule has 1 aromatic rings. The van der Waals surface area contributed by atoms with Crippen molar-refractivity contribution in [3.8, 4) is 0 Å². The largest absolute Gasteiger partial charge is 0.346 e. The zero-order valence-corrected chi connectivity index (χ0v) is 15.5. The number of rotatable bonds is 6. The minimum absolute atomic E-state index is 0. The first-order valence-corrected chi connectivity index (χ1v) is 8.45. The van der Waals surface area contributed by atoms with Crippen molar-refractivity contribution in [2.45, 2.75) is 45.2 Å². The summed E-state index contributed by atoms with van der Waals surface area (Å²) in [7, 11) is 0. The molecule has 0 spiro atoms. The second kappa shape index (κ2) is 9.73. The molecule has 0 bridgehead atoms. The van der Waals surface area contributed by atoms with Gasteiger partial charge in [-0.05, 0) is 42.9 Å². The summed E-state index contributed by atoms with van der Waals surface area (Å²) >= 11 is 0. The SMILES string of the molecule is CC(C)[C@H](N)C(=O)NCC(=O)N1CCCC1Cc1ccc(F)cc1.Cl. The molecule has 2 rings (SSSR count). The Labute approximate surface area is 154 Å². The molecule has 0 saturated carbocycles. The monoisotopic (exact) mass is 371 g/mol. The van der Waals surface area contributed by atoms with Crippen LogP contribution in [0.5, 0.6) is 0 Å². The second-order valence-corrected chi connectivity index (χ2v) is 6.70. The Bertz CT molecular complexity index is 580. The molecule has 2 amide bonds. The summed E-state index contributed by atoms with van der Waals surface area (Å²) in [5.74, 6) is -0.628. The van der Waals surface area contributed by atoms with Gasteiger partial charge in [-0.25, -0.2) is 4.39 Å². The van der Waals surface area contributed by atoms with Gasteiger partial charge >= 0.3 is 0 Å². The van der Waals surface area contributed by atoms with Crippen LogP contribution in [0, 0.1) is 11.7 Å². The molecule has 7 heteroatoms. The average molecular weight is 372 g/mol. The van der Waals surface area contributed by atoms with Gasteiger partial charge in [-0.3, -0.25) is 9.59 Å². The highest BCUT2D eigenvalue weighted by Gasteiger charge is 2.29. The Morgan fingerprint density at radius 2 is 1.96 bits per heavy atom. The molecule has 1 aromatic carbocycles. The number of nitrogens with zero attached hydrogens (tertiary/aromatic N) is 1. The first kappa shape index (κ1) is 21.4.